The zero-order chi connectivity index (χ0) is 17.8. The quantitative estimate of drug-likeness (QED) is 0.477. The number of nitrogens with one attached hydrogen (secondary N) is 1. The predicted molar refractivity (Wildman–Crippen MR) is 103 cm³/mol. The molecule has 0 spiro atoms. The van der Waals surface area contributed by atoms with Gasteiger partial charge in [0.15, 0.2) is 0 Å². The maximum Gasteiger partial charge on any atom is 0.266 e. The van der Waals surface area contributed by atoms with Crippen LogP contribution >= 0.6 is 23.2 Å². The molecule has 25 heavy (non-hydrogen) atoms. The van der Waals surface area contributed by atoms with E-state index in [4.69, 9.17) is 23.2 Å². The first kappa shape index (κ1) is 17.0. The molecule has 1 N–H and O–H groups in total. The highest BCUT2D eigenvalue weighted by molar-refractivity contribution is 6.36. The highest BCUT2D eigenvalue weighted by Gasteiger charge is 2.12. The Kier molecular flexibility index (Phi) is 5.04. The molecule has 0 aliphatic rings. The van der Waals surface area contributed by atoms with Gasteiger partial charge < -0.3 is 5.32 Å². The Labute approximate surface area is 155 Å². The first-order valence-corrected chi connectivity index (χ1v) is 8.19. The summed E-state index contributed by atoms with van der Waals surface area (Å²) in [4.78, 5) is 12.4. The minimum absolute atomic E-state index is 0.0219. The third-order valence-corrected chi connectivity index (χ3v) is 4.19. The van der Waals surface area contributed by atoms with E-state index in [0.29, 0.717) is 15.7 Å². The standard InChI is InChI=1S/C20H12Cl2N2O/c21-17-7-8-18(22)19(11-17)24-20(25)16(12-23)10-13-5-6-14-3-1-2-4-15(14)9-13/h1-11H,(H,24,25)/b16-10+. The maximum atomic E-state index is 12.4. The van der Waals surface area contributed by atoms with Crippen molar-refractivity contribution in [3.8, 4) is 6.07 Å². The Morgan fingerprint density at radius 2 is 1.76 bits per heavy atom. The number of benzene rings is 3. The molecule has 0 fully saturated rings. The molecule has 3 aromatic carbocycles. The van der Waals surface area contributed by atoms with Gasteiger partial charge >= 0.3 is 0 Å². The average Bonchev–Trinajstić information content (AvgIpc) is 2.62. The third-order valence-electron chi connectivity index (χ3n) is 3.63. The first-order valence-electron chi connectivity index (χ1n) is 7.44. The molecule has 3 rings (SSSR count). The number of amides is 1. The van der Waals surface area contributed by atoms with Crippen molar-refractivity contribution in [2.24, 2.45) is 0 Å². The van der Waals surface area contributed by atoms with E-state index in [1.165, 1.54) is 6.07 Å². The van der Waals surface area contributed by atoms with Crippen LogP contribution in [0, 0.1) is 11.3 Å². The lowest BCUT2D eigenvalue weighted by Gasteiger charge is -2.07. The molecule has 0 aliphatic carbocycles. The number of anilines is 1. The Morgan fingerprint density at radius 3 is 2.52 bits per heavy atom. The minimum atomic E-state index is -0.542. The lowest BCUT2D eigenvalue weighted by Crippen LogP contribution is -2.13. The van der Waals surface area contributed by atoms with Crippen LogP contribution in [-0.4, -0.2) is 5.91 Å². The van der Waals surface area contributed by atoms with E-state index in [-0.39, 0.29) is 5.57 Å². The highest BCUT2D eigenvalue weighted by atomic mass is 35.5. The van der Waals surface area contributed by atoms with Crippen LogP contribution in [-0.2, 0) is 4.79 Å². The number of fused-ring (bicyclic) bond motifs is 1. The van der Waals surface area contributed by atoms with Gasteiger partial charge in [0.05, 0.1) is 10.7 Å². The smallest absolute Gasteiger partial charge is 0.266 e. The summed E-state index contributed by atoms with van der Waals surface area (Å²) < 4.78 is 0. The Balaban J connectivity index is 1.89. The van der Waals surface area contributed by atoms with Crippen molar-refractivity contribution in [1.82, 2.24) is 0 Å². The van der Waals surface area contributed by atoms with Crippen LogP contribution in [0.25, 0.3) is 16.8 Å². The molecule has 122 valence electrons. The number of carbonyl (C=O) groups is 1. The van der Waals surface area contributed by atoms with Crippen molar-refractivity contribution >= 4 is 51.6 Å². The van der Waals surface area contributed by atoms with Crippen molar-refractivity contribution in [2.75, 3.05) is 5.32 Å². The molecular weight excluding hydrogens is 355 g/mol. The van der Waals surface area contributed by atoms with Crippen molar-refractivity contribution in [3.05, 3.63) is 81.8 Å². The lowest BCUT2D eigenvalue weighted by atomic mass is 10.0. The van der Waals surface area contributed by atoms with Crippen LogP contribution in [0.5, 0.6) is 0 Å². The Hall–Kier alpha value is -2.80. The number of halogens is 2. The highest BCUT2D eigenvalue weighted by Crippen LogP contribution is 2.26. The maximum absolute atomic E-state index is 12.4. The Morgan fingerprint density at radius 1 is 1.00 bits per heavy atom. The second-order valence-corrected chi connectivity index (χ2v) is 6.20. The van der Waals surface area contributed by atoms with Gasteiger partial charge in [-0.1, -0.05) is 59.6 Å². The fourth-order valence-corrected chi connectivity index (χ4v) is 2.73. The summed E-state index contributed by atoms with van der Waals surface area (Å²) in [5.74, 6) is -0.542. The van der Waals surface area contributed by atoms with Gasteiger partial charge in [0.2, 0.25) is 0 Å². The van der Waals surface area contributed by atoms with Gasteiger partial charge in [0.1, 0.15) is 11.6 Å². The monoisotopic (exact) mass is 366 g/mol. The summed E-state index contributed by atoms with van der Waals surface area (Å²) in [5.41, 5.74) is 1.10. The van der Waals surface area contributed by atoms with E-state index in [9.17, 15) is 10.1 Å². The topological polar surface area (TPSA) is 52.9 Å². The summed E-state index contributed by atoms with van der Waals surface area (Å²) in [7, 11) is 0. The van der Waals surface area contributed by atoms with Gasteiger partial charge in [-0.3, -0.25) is 4.79 Å². The summed E-state index contributed by atoms with van der Waals surface area (Å²) in [6, 6.07) is 20.3. The van der Waals surface area contributed by atoms with Crippen LogP contribution in [0.1, 0.15) is 5.56 Å². The number of hydrogen-bond donors (Lipinski definition) is 1. The molecule has 0 saturated carbocycles. The SMILES string of the molecule is N#C/C(=C\c1ccc2ccccc2c1)C(=O)Nc1cc(Cl)ccc1Cl. The molecule has 0 saturated heterocycles. The molecule has 0 radical (unpaired) electrons. The van der Waals surface area contributed by atoms with E-state index < -0.39 is 5.91 Å². The molecule has 0 unspecified atom stereocenters. The van der Waals surface area contributed by atoms with Crippen LogP contribution < -0.4 is 5.32 Å². The molecule has 0 aliphatic heterocycles. The number of hydrogen-bond acceptors (Lipinski definition) is 2. The van der Waals surface area contributed by atoms with Crippen LogP contribution in [0.15, 0.2) is 66.2 Å². The summed E-state index contributed by atoms with van der Waals surface area (Å²) >= 11 is 11.9. The molecule has 3 aromatic rings. The minimum Gasteiger partial charge on any atom is -0.320 e. The summed E-state index contributed by atoms with van der Waals surface area (Å²) in [5, 5.41) is 14.9. The predicted octanol–water partition coefficient (Wildman–Crippen LogP) is 5.69. The number of nitrogens with zero attached hydrogens (tertiary/aromatic N) is 1. The first-order chi connectivity index (χ1) is 12.1. The number of rotatable bonds is 3. The molecule has 0 aromatic heterocycles. The normalized spacial score (nSPS) is 11.2. The third kappa shape index (κ3) is 4.00. The van der Waals surface area contributed by atoms with Gasteiger partial charge in [-0.15, -0.1) is 0 Å². The van der Waals surface area contributed by atoms with Gasteiger partial charge in [-0.25, -0.2) is 0 Å². The summed E-state index contributed by atoms with van der Waals surface area (Å²) in [6.45, 7) is 0. The van der Waals surface area contributed by atoms with E-state index in [1.807, 2.05) is 48.5 Å². The molecular formula is C20H12Cl2N2O. The van der Waals surface area contributed by atoms with Gasteiger partial charge in [-0.2, -0.15) is 5.26 Å². The molecule has 0 atom stereocenters. The second-order valence-electron chi connectivity index (χ2n) is 5.35. The van der Waals surface area contributed by atoms with E-state index in [2.05, 4.69) is 5.32 Å². The molecule has 0 heterocycles. The fourth-order valence-electron chi connectivity index (χ4n) is 2.40. The van der Waals surface area contributed by atoms with Crippen molar-refractivity contribution in [3.63, 3.8) is 0 Å². The lowest BCUT2D eigenvalue weighted by molar-refractivity contribution is -0.112. The molecule has 5 heteroatoms. The van der Waals surface area contributed by atoms with E-state index >= 15 is 0 Å². The largest absolute Gasteiger partial charge is 0.320 e. The van der Waals surface area contributed by atoms with Crippen molar-refractivity contribution < 1.29 is 4.79 Å². The van der Waals surface area contributed by atoms with E-state index in [0.717, 1.165) is 16.3 Å². The van der Waals surface area contributed by atoms with Crippen LogP contribution in [0.3, 0.4) is 0 Å². The van der Waals surface area contributed by atoms with Crippen molar-refractivity contribution in [2.45, 2.75) is 0 Å². The van der Waals surface area contributed by atoms with E-state index in [1.54, 1.807) is 18.2 Å². The van der Waals surface area contributed by atoms with Crippen molar-refractivity contribution in [1.29, 1.82) is 5.26 Å². The molecule has 0 bridgehead atoms. The van der Waals surface area contributed by atoms with Gasteiger partial charge in [-0.05, 0) is 46.7 Å². The second kappa shape index (κ2) is 7.40. The fraction of sp³-hybridized carbons (Fsp3) is 0. The zero-order valence-corrected chi connectivity index (χ0v) is 14.5. The molecule has 3 nitrogen and oxygen atoms in total. The van der Waals surface area contributed by atoms with Gasteiger partial charge in [0, 0.05) is 5.02 Å². The zero-order valence-electron chi connectivity index (χ0n) is 13.0. The molecule has 1 amide bonds. The summed E-state index contributed by atoms with van der Waals surface area (Å²) in [6.07, 6.45) is 1.54. The Bertz CT molecular complexity index is 1040. The number of carbonyl (C=O) groups excluding carboxylic acids is 1. The average molecular weight is 367 g/mol. The van der Waals surface area contributed by atoms with Gasteiger partial charge in [0.25, 0.3) is 5.91 Å². The van der Waals surface area contributed by atoms with Crippen LogP contribution in [0.2, 0.25) is 10.0 Å². The number of nitriles is 1. The van der Waals surface area contributed by atoms with Crippen LogP contribution in [0.4, 0.5) is 5.69 Å².